The molecule has 0 bridgehead atoms. The van der Waals surface area contributed by atoms with Crippen LogP contribution >= 0.6 is 23.2 Å². The van der Waals surface area contributed by atoms with Crippen LogP contribution in [-0.2, 0) is 6.18 Å². The van der Waals surface area contributed by atoms with E-state index < -0.39 is 11.7 Å². The van der Waals surface area contributed by atoms with E-state index in [4.69, 9.17) is 27.9 Å². The first-order valence-corrected chi connectivity index (χ1v) is 8.61. The van der Waals surface area contributed by atoms with E-state index in [-0.39, 0.29) is 0 Å². The van der Waals surface area contributed by atoms with Gasteiger partial charge in [-0.05, 0) is 12.1 Å². The number of hydrogen-bond donors (Lipinski definition) is 0. The van der Waals surface area contributed by atoms with E-state index in [0.717, 1.165) is 18.0 Å². The number of benzene rings is 1. The molecule has 26 heavy (non-hydrogen) atoms. The van der Waals surface area contributed by atoms with Crippen LogP contribution in [0.1, 0.15) is 5.56 Å². The van der Waals surface area contributed by atoms with Crippen LogP contribution in [0.5, 0.6) is 5.75 Å². The highest BCUT2D eigenvalue weighted by Gasteiger charge is 2.31. The molecule has 0 spiro atoms. The maximum atomic E-state index is 12.6. The number of anilines is 2. The molecule has 9 heteroatoms. The summed E-state index contributed by atoms with van der Waals surface area (Å²) in [4.78, 5) is 7.92. The minimum Gasteiger partial charge on any atom is -0.497 e. The van der Waals surface area contributed by atoms with Crippen molar-refractivity contribution in [2.75, 3.05) is 43.1 Å². The molecule has 0 unspecified atom stereocenters. The summed E-state index contributed by atoms with van der Waals surface area (Å²) in [5, 5.41) is 0.992. The average Bonchev–Trinajstić information content (AvgIpc) is 2.61. The molecule has 0 radical (unpaired) electrons. The third-order valence-electron chi connectivity index (χ3n) is 4.22. The molecule has 2 heterocycles. The van der Waals surface area contributed by atoms with Gasteiger partial charge >= 0.3 is 6.18 Å². The molecule has 0 saturated carbocycles. The molecule has 0 atom stereocenters. The molecule has 3 rings (SSSR count). The van der Waals surface area contributed by atoms with Gasteiger partial charge in [-0.15, -0.1) is 0 Å². The Morgan fingerprint density at radius 3 is 2.04 bits per heavy atom. The molecule has 2 aromatic rings. The van der Waals surface area contributed by atoms with Crippen LogP contribution in [-0.4, -0.2) is 38.3 Å². The highest BCUT2D eigenvalue weighted by atomic mass is 35.5. The van der Waals surface area contributed by atoms with Crippen LogP contribution in [0.2, 0.25) is 10.0 Å². The molecule has 140 valence electrons. The van der Waals surface area contributed by atoms with Crippen molar-refractivity contribution in [3.05, 3.63) is 46.1 Å². The molecule has 0 N–H and O–H groups in total. The van der Waals surface area contributed by atoms with Crippen LogP contribution in [0.25, 0.3) is 0 Å². The van der Waals surface area contributed by atoms with E-state index in [1.54, 1.807) is 12.1 Å². The van der Waals surface area contributed by atoms with Crippen molar-refractivity contribution in [2.24, 2.45) is 0 Å². The smallest absolute Gasteiger partial charge is 0.417 e. The van der Waals surface area contributed by atoms with Gasteiger partial charge in [0.2, 0.25) is 0 Å². The summed E-state index contributed by atoms with van der Waals surface area (Å²) >= 11 is 12.6. The summed E-state index contributed by atoms with van der Waals surface area (Å²) in [7, 11) is 1.54. The van der Waals surface area contributed by atoms with Crippen LogP contribution in [0, 0.1) is 0 Å². The molecule has 1 aliphatic heterocycles. The summed E-state index contributed by atoms with van der Waals surface area (Å²) < 4.78 is 43.1. The first-order chi connectivity index (χ1) is 12.3. The van der Waals surface area contributed by atoms with Gasteiger partial charge in [0, 0.05) is 44.5 Å². The lowest BCUT2D eigenvalue weighted by Gasteiger charge is -2.37. The Bertz CT molecular complexity index is 753. The normalized spacial score (nSPS) is 15.3. The van der Waals surface area contributed by atoms with Gasteiger partial charge in [-0.2, -0.15) is 13.2 Å². The van der Waals surface area contributed by atoms with Gasteiger partial charge in [0.15, 0.2) is 0 Å². The van der Waals surface area contributed by atoms with E-state index in [2.05, 4.69) is 4.98 Å². The Labute approximate surface area is 159 Å². The van der Waals surface area contributed by atoms with E-state index in [9.17, 15) is 13.2 Å². The number of ether oxygens (including phenoxy) is 1. The summed E-state index contributed by atoms with van der Waals surface area (Å²) in [5.41, 5.74) is -0.0224. The lowest BCUT2D eigenvalue weighted by Crippen LogP contribution is -2.47. The molecule has 1 saturated heterocycles. The van der Waals surface area contributed by atoms with Gasteiger partial charge in [-0.1, -0.05) is 23.2 Å². The van der Waals surface area contributed by atoms with Crippen LogP contribution in [0.3, 0.4) is 0 Å². The summed E-state index contributed by atoms with van der Waals surface area (Å²) in [6.07, 6.45) is -3.52. The largest absolute Gasteiger partial charge is 0.497 e. The van der Waals surface area contributed by atoms with Gasteiger partial charge in [0.05, 0.1) is 28.4 Å². The fourth-order valence-electron chi connectivity index (χ4n) is 2.86. The second kappa shape index (κ2) is 7.40. The fraction of sp³-hybridized carbons (Fsp3) is 0.353. The maximum Gasteiger partial charge on any atom is 0.417 e. The highest BCUT2D eigenvalue weighted by molar-refractivity contribution is 6.39. The molecular formula is C17H16Cl2F3N3O. The predicted octanol–water partition coefficient (Wildman–Crippen LogP) is 4.74. The second-order valence-corrected chi connectivity index (χ2v) is 6.63. The molecule has 1 aliphatic rings. The SMILES string of the molecule is COc1cc(Cl)c(N2CCN(c3ccc(C(F)(F)F)cn3)CC2)c(Cl)c1. The van der Waals surface area contributed by atoms with Crippen molar-refractivity contribution in [1.29, 1.82) is 0 Å². The number of nitrogens with zero attached hydrogens (tertiary/aromatic N) is 3. The molecule has 4 nitrogen and oxygen atoms in total. The second-order valence-electron chi connectivity index (χ2n) is 5.82. The van der Waals surface area contributed by atoms with Gasteiger partial charge in [0.25, 0.3) is 0 Å². The first kappa shape index (κ1) is 18.9. The van der Waals surface area contributed by atoms with Crippen molar-refractivity contribution in [3.8, 4) is 5.75 Å². The Morgan fingerprint density at radius 2 is 1.58 bits per heavy atom. The predicted molar refractivity (Wildman–Crippen MR) is 96.7 cm³/mol. The Morgan fingerprint density at radius 1 is 1.00 bits per heavy atom. The topological polar surface area (TPSA) is 28.6 Å². The fourth-order valence-corrected chi connectivity index (χ4v) is 3.57. The minimum atomic E-state index is -4.38. The minimum absolute atomic E-state index is 0.496. The van der Waals surface area contributed by atoms with Crippen LogP contribution in [0.4, 0.5) is 24.7 Å². The van der Waals surface area contributed by atoms with Gasteiger partial charge < -0.3 is 14.5 Å². The van der Waals surface area contributed by atoms with E-state index >= 15 is 0 Å². The van der Waals surface area contributed by atoms with Gasteiger partial charge in [0.1, 0.15) is 11.6 Å². The van der Waals surface area contributed by atoms with Crippen molar-refractivity contribution in [3.63, 3.8) is 0 Å². The van der Waals surface area contributed by atoms with E-state index in [1.807, 2.05) is 9.80 Å². The molecular weight excluding hydrogens is 390 g/mol. The summed E-state index contributed by atoms with van der Waals surface area (Å²) in [6, 6.07) is 5.84. The number of methoxy groups -OCH3 is 1. The van der Waals surface area contributed by atoms with Crippen molar-refractivity contribution >= 4 is 34.7 Å². The third kappa shape index (κ3) is 3.94. The quantitative estimate of drug-likeness (QED) is 0.736. The van der Waals surface area contributed by atoms with Gasteiger partial charge in [-0.25, -0.2) is 4.98 Å². The third-order valence-corrected chi connectivity index (χ3v) is 4.80. The van der Waals surface area contributed by atoms with Crippen LogP contribution in [0.15, 0.2) is 30.5 Å². The van der Waals surface area contributed by atoms with Crippen molar-refractivity contribution in [2.45, 2.75) is 6.18 Å². The zero-order valence-corrected chi connectivity index (χ0v) is 15.4. The number of aromatic nitrogens is 1. The number of piperazine rings is 1. The maximum absolute atomic E-state index is 12.6. The Balaban J connectivity index is 1.70. The monoisotopic (exact) mass is 405 g/mol. The zero-order chi connectivity index (χ0) is 18.9. The molecule has 1 aromatic heterocycles. The highest BCUT2D eigenvalue weighted by Crippen LogP contribution is 2.38. The standard InChI is InChI=1S/C17H16Cl2F3N3O/c1-26-12-8-13(18)16(14(19)9-12)25-6-4-24(5-7-25)15-3-2-11(10-23-15)17(20,21)22/h2-3,8-10H,4-7H2,1H3. The zero-order valence-electron chi connectivity index (χ0n) is 13.9. The van der Waals surface area contributed by atoms with Crippen molar-refractivity contribution in [1.82, 2.24) is 4.98 Å². The van der Waals surface area contributed by atoms with Gasteiger partial charge in [-0.3, -0.25) is 0 Å². The average molecular weight is 406 g/mol. The molecule has 1 aromatic carbocycles. The summed E-state index contributed by atoms with van der Waals surface area (Å²) in [6.45, 7) is 2.43. The Kier molecular flexibility index (Phi) is 5.39. The number of rotatable bonds is 3. The molecule has 0 aliphatic carbocycles. The number of halogens is 5. The lowest BCUT2D eigenvalue weighted by molar-refractivity contribution is -0.137. The van der Waals surface area contributed by atoms with Crippen molar-refractivity contribution < 1.29 is 17.9 Å². The molecule has 1 fully saturated rings. The van der Waals surface area contributed by atoms with E-state index in [0.29, 0.717) is 47.8 Å². The Hall–Kier alpha value is -1.86. The molecule has 0 amide bonds. The number of hydrogen-bond acceptors (Lipinski definition) is 4. The summed E-state index contributed by atoms with van der Waals surface area (Å²) in [5.74, 6) is 1.10. The first-order valence-electron chi connectivity index (χ1n) is 7.86. The van der Waals surface area contributed by atoms with E-state index in [1.165, 1.54) is 13.2 Å². The number of alkyl halides is 3. The lowest BCUT2D eigenvalue weighted by atomic mass is 10.2. The number of pyridine rings is 1. The van der Waals surface area contributed by atoms with Crippen LogP contribution < -0.4 is 14.5 Å².